The molecule has 0 bridgehead atoms. The van der Waals surface area contributed by atoms with Crippen LogP contribution in [0.5, 0.6) is 5.75 Å². The molecule has 5 heteroatoms. The normalized spacial score (nSPS) is 17.4. The molecule has 1 N–H and O–H groups in total. The number of nitrogens with one attached hydrogen (secondary N) is 1. The first-order chi connectivity index (χ1) is 13.2. The van der Waals surface area contributed by atoms with Gasteiger partial charge in [-0.25, -0.2) is 0 Å². The van der Waals surface area contributed by atoms with Crippen LogP contribution in [0, 0.1) is 6.92 Å². The number of hydrogen-bond acceptors (Lipinski definition) is 4. The number of ether oxygens (including phenoxy) is 1. The Morgan fingerprint density at radius 1 is 1.07 bits per heavy atom. The SMILES string of the molecule is Cc1cccc(NC(=O)CN2CCN(Cc3ccc4c(c3)CCO4)CC2)c1. The highest BCUT2D eigenvalue weighted by molar-refractivity contribution is 5.92. The first-order valence-corrected chi connectivity index (χ1v) is 9.71. The van der Waals surface area contributed by atoms with Crippen molar-refractivity contribution in [1.29, 1.82) is 0 Å². The van der Waals surface area contributed by atoms with Crippen LogP contribution >= 0.6 is 0 Å². The van der Waals surface area contributed by atoms with Crippen LogP contribution in [0.4, 0.5) is 5.69 Å². The lowest BCUT2D eigenvalue weighted by Crippen LogP contribution is -2.48. The van der Waals surface area contributed by atoms with Gasteiger partial charge in [0.2, 0.25) is 5.91 Å². The summed E-state index contributed by atoms with van der Waals surface area (Å²) in [5, 5.41) is 3.00. The highest BCUT2D eigenvalue weighted by Crippen LogP contribution is 2.26. The molecule has 0 aromatic heterocycles. The molecule has 0 radical (unpaired) electrons. The molecule has 0 aliphatic carbocycles. The van der Waals surface area contributed by atoms with Crippen LogP contribution in [0.25, 0.3) is 0 Å². The van der Waals surface area contributed by atoms with Gasteiger partial charge in [0, 0.05) is 44.8 Å². The minimum atomic E-state index is 0.0627. The largest absolute Gasteiger partial charge is 0.493 e. The molecule has 2 aromatic rings. The zero-order chi connectivity index (χ0) is 18.6. The standard InChI is InChI=1S/C22H27N3O2/c1-17-3-2-4-20(13-17)23-22(26)16-25-10-8-24(9-11-25)15-18-5-6-21-19(14-18)7-12-27-21/h2-6,13-14H,7-12,15-16H2,1H3,(H,23,26). The Balaban J connectivity index is 1.23. The van der Waals surface area contributed by atoms with Gasteiger partial charge < -0.3 is 10.1 Å². The molecule has 0 unspecified atom stereocenters. The third-order valence-corrected chi connectivity index (χ3v) is 5.29. The lowest BCUT2D eigenvalue weighted by atomic mass is 10.1. The highest BCUT2D eigenvalue weighted by Gasteiger charge is 2.20. The van der Waals surface area contributed by atoms with E-state index in [4.69, 9.17) is 4.74 Å². The number of hydrogen-bond donors (Lipinski definition) is 1. The van der Waals surface area contributed by atoms with Crippen LogP contribution in [0.3, 0.4) is 0 Å². The van der Waals surface area contributed by atoms with Gasteiger partial charge in [-0.2, -0.15) is 0 Å². The van der Waals surface area contributed by atoms with E-state index >= 15 is 0 Å². The Hall–Kier alpha value is -2.37. The average Bonchev–Trinajstić information content (AvgIpc) is 3.11. The van der Waals surface area contributed by atoms with Crippen molar-refractivity contribution in [1.82, 2.24) is 9.80 Å². The molecule has 142 valence electrons. The molecule has 1 saturated heterocycles. The maximum Gasteiger partial charge on any atom is 0.238 e. The number of aryl methyl sites for hydroxylation is 1. The fourth-order valence-corrected chi connectivity index (χ4v) is 3.83. The van der Waals surface area contributed by atoms with Crippen molar-refractivity contribution in [3.8, 4) is 5.75 Å². The highest BCUT2D eigenvalue weighted by atomic mass is 16.5. The molecule has 27 heavy (non-hydrogen) atoms. The summed E-state index contributed by atoms with van der Waals surface area (Å²) in [7, 11) is 0. The predicted molar refractivity (Wildman–Crippen MR) is 107 cm³/mol. The van der Waals surface area contributed by atoms with Crippen molar-refractivity contribution in [2.24, 2.45) is 0 Å². The summed E-state index contributed by atoms with van der Waals surface area (Å²) in [6.45, 7) is 8.10. The minimum Gasteiger partial charge on any atom is -0.493 e. The van der Waals surface area contributed by atoms with Crippen molar-refractivity contribution >= 4 is 11.6 Å². The molecule has 1 fully saturated rings. The molecule has 1 amide bonds. The van der Waals surface area contributed by atoms with Gasteiger partial charge in [0.1, 0.15) is 5.75 Å². The van der Waals surface area contributed by atoms with Crippen molar-refractivity contribution in [3.05, 3.63) is 59.2 Å². The summed E-state index contributed by atoms with van der Waals surface area (Å²) in [5.41, 5.74) is 4.71. The summed E-state index contributed by atoms with van der Waals surface area (Å²) in [6.07, 6.45) is 1.02. The molecule has 2 aromatic carbocycles. The van der Waals surface area contributed by atoms with E-state index in [1.54, 1.807) is 0 Å². The second-order valence-corrected chi connectivity index (χ2v) is 7.51. The van der Waals surface area contributed by atoms with E-state index in [2.05, 4.69) is 33.3 Å². The number of fused-ring (bicyclic) bond motifs is 1. The number of nitrogens with zero attached hydrogens (tertiary/aromatic N) is 2. The first kappa shape index (κ1) is 18.0. The van der Waals surface area contributed by atoms with Gasteiger partial charge in [-0.1, -0.05) is 24.3 Å². The fraction of sp³-hybridized carbons (Fsp3) is 0.409. The van der Waals surface area contributed by atoms with Crippen LogP contribution in [0.1, 0.15) is 16.7 Å². The number of amides is 1. The van der Waals surface area contributed by atoms with E-state index in [0.29, 0.717) is 6.54 Å². The van der Waals surface area contributed by atoms with Crippen LogP contribution in [-0.4, -0.2) is 55.0 Å². The van der Waals surface area contributed by atoms with E-state index in [-0.39, 0.29) is 5.91 Å². The first-order valence-electron chi connectivity index (χ1n) is 9.71. The van der Waals surface area contributed by atoms with Gasteiger partial charge in [0.25, 0.3) is 0 Å². The van der Waals surface area contributed by atoms with Crippen molar-refractivity contribution < 1.29 is 9.53 Å². The molecular formula is C22H27N3O2. The average molecular weight is 365 g/mol. The summed E-state index contributed by atoms with van der Waals surface area (Å²) < 4.78 is 5.59. The molecular weight excluding hydrogens is 338 g/mol. The lowest BCUT2D eigenvalue weighted by Gasteiger charge is -2.34. The summed E-state index contributed by atoms with van der Waals surface area (Å²) in [5.74, 6) is 1.11. The zero-order valence-electron chi connectivity index (χ0n) is 15.9. The molecule has 2 heterocycles. The molecule has 0 saturated carbocycles. The number of piperazine rings is 1. The molecule has 2 aliphatic rings. The Labute approximate surface area is 160 Å². The quantitative estimate of drug-likeness (QED) is 0.885. The van der Waals surface area contributed by atoms with Crippen molar-refractivity contribution in [3.63, 3.8) is 0 Å². The van der Waals surface area contributed by atoms with E-state index in [1.165, 1.54) is 11.1 Å². The van der Waals surface area contributed by atoms with Crippen LogP contribution in [0.2, 0.25) is 0 Å². The molecule has 4 rings (SSSR count). The van der Waals surface area contributed by atoms with E-state index < -0.39 is 0 Å². The lowest BCUT2D eigenvalue weighted by molar-refractivity contribution is -0.117. The van der Waals surface area contributed by atoms with Gasteiger partial charge in [0.05, 0.1) is 13.2 Å². The van der Waals surface area contributed by atoms with Gasteiger partial charge in [0.15, 0.2) is 0 Å². The maximum atomic E-state index is 12.3. The van der Waals surface area contributed by atoms with E-state index in [1.807, 2.05) is 31.2 Å². The number of carbonyl (C=O) groups is 1. The Morgan fingerprint density at radius 2 is 1.89 bits per heavy atom. The number of carbonyl (C=O) groups excluding carboxylic acids is 1. The van der Waals surface area contributed by atoms with Crippen LogP contribution in [-0.2, 0) is 17.8 Å². The fourth-order valence-electron chi connectivity index (χ4n) is 3.83. The molecule has 5 nitrogen and oxygen atoms in total. The van der Waals surface area contributed by atoms with Gasteiger partial charge in [-0.15, -0.1) is 0 Å². The monoisotopic (exact) mass is 365 g/mol. The van der Waals surface area contributed by atoms with Crippen LogP contribution < -0.4 is 10.1 Å². The number of rotatable bonds is 5. The Bertz CT molecular complexity index is 813. The second-order valence-electron chi connectivity index (χ2n) is 7.51. The maximum absolute atomic E-state index is 12.3. The smallest absolute Gasteiger partial charge is 0.238 e. The third-order valence-electron chi connectivity index (χ3n) is 5.29. The third kappa shape index (κ3) is 4.67. The van der Waals surface area contributed by atoms with Gasteiger partial charge in [-0.3, -0.25) is 14.6 Å². The topological polar surface area (TPSA) is 44.8 Å². The summed E-state index contributed by atoms with van der Waals surface area (Å²) in [4.78, 5) is 17.0. The summed E-state index contributed by atoms with van der Waals surface area (Å²) in [6, 6.07) is 14.5. The molecule has 0 atom stereocenters. The molecule has 0 spiro atoms. The van der Waals surface area contributed by atoms with Gasteiger partial charge in [-0.05, 0) is 41.8 Å². The zero-order valence-corrected chi connectivity index (χ0v) is 15.9. The van der Waals surface area contributed by atoms with Gasteiger partial charge >= 0.3 is 0 Å². The van der Waals surface area contributed by atoms with Crippen molar-refractivity contribution in [2.75, 3.05) is 44.6 Å². The van der Waals surface area contributed by atoms with Crippen molar-refractivity contribution in [2.45, 2.75) is 19.9 Å². The number of anilines is 1. The Kier molecular flexibility index (Phi) is 5.41. The summed E-state index contributed by atoms with van der Waals surface area (Å²) >= 11 is 0. The second kappa shape index (κ2) is 8.11. The predicted octanol–water partition coefficient (Wildman–Crippen LogP) is 2.69. The molecule has 2 aliphatic heterocycles. The Morgan fingerprint density at radius 3 is 2.70 bits per heavy atom. The van der Waals surface area contributed by atoms with Crippen LogP contribution in [0.15, 0.2) is 42.5 Å². The number of benzene rings is 2. The van der Waals surface area contributed by atoms with E-state index in [9.17, 15) is 4.79 Å². The van der Waals surface area contributed by atoms with E-state index in [0.717, 1.165) is 62.8 Å². The minimum absolute atomic E-state index is 0.0627.